The predicted octanol–water partition coefficient (Wildman–Crippen LogP) is 5.87. The molecule has 2 aromatic rings. The first-order valence-corrected chi connectivity index (χ1v) is 19.1. The first-order valence-electron chi connectivity index (χ1n) is 19.1. The maximum absolute atomic E-state index is 14.4. The average molecular weight is 682 g/mol. The van der Waals surface area contributed by atoms with Crippen LogP contribution in [0.1, 0.15) is 73.6 Å². The van der Waals surface area contributed by atoms with Crippen molar-refractivity contribution < 1.29 is 19.1 Å². The van der Waals surface area contributed by atoms with E-state index in [0.29, 0.717) is 31.3 Å². The molecule has 9 heteroatoms. The number of urea groups is 1. The van der Waals surface area contributed by atoms with Crippen LogP contribution in [0.4, 0.5) is 10.5 Å². The van der Waals surface area contributed by atoms with Gasteiger partial charge >= 0.3 is 12.0 Å². The monoisotopic (exact) mass is 681 g/mol. The van der Waals surface area contributed by atoms with Crippen molar-refractivity contribution in [1.29, 1.82) is 0 Å². The number of aryl methyl sites for hydroxylation is 2. The molecule has 1 atom stereocenters. The average Bonchev–Trinajstić information content (AvgIpc) is 3.62. The molecule has 1 aliphatic carbocycles. The SMILES string of the molecule is C=C(CC(Cc1ccc2c(c1)CCC2)C(=O)N1CCC(C2CCN(CC(=O)OC)CC2)CC1)N1CCC(N2Cc3ccccc3NC2=O)CC1. The van der Waals surface area contributed by atoms with Crippen molar-refractivity contribution in [3.63, 3.8) is 0 Å². The van der Waals surface area contributed by atoms with Gasteiger partial charge < -0.3 is 24.8 Å². The summed E-state index contributed by atoms with van der Waals surface area (Å²) in [6, 6.07) is 15.1. The minimum absolute atomic E-state index is 0.00576. The number of ether oxygens (including phenoxy) is 1. The molecule has 4 aliphatic heterocycles. The molecule has 2 aromatic carbocycles. The normalized spacial score (nSPS) is 21.4. The number of para-hydroxylation sites is 1. The van der Waals surface area contributed by atoms with Crippen molar-refractivity contribution in [2.45, 2.75) is 83.2 Å². The second kappa shape index (κ2) is 15.6. The Morgan fingerprint density at radius 1 is 0.860 bits per heavy atom. The zero-order valence-corrected chi connectivity index (χ0v) is 29.9. The summed E-state index contributed by atoms with van der Waals surface area (Å²) in [6.07, 6.45) is 11.1. The van der Waals surface area contributed by atoms with E-state index in [4.69, 9.17) is 4.74 Å². The third-order valence-electron chi connectivity index (χ3n) is 12.4. The van der Waals surface area contributed by atoms with E-state index in [1.807, 2.05) is 23.1 Å². The Labute approximate surface area is 298 Å². The van der Waals surface area contributed by atoms with Crippen LogP contribution in [0.15, 0.2) is 54.7 Å². The molecule has 0 spiro atoms. The number of esters is 1. The summed E-state index contributed by atoms with van der Waals surface area (Å²) in [4.78, 5) is 47.8. The number of allylic oxidation sites excluding steroid dienone is 1. The van der Waals surface area contributed by atoms with Crippen LogP contribution in [0.3, 0.4) is 0 Å². The lowest BCUT2D eigenvalue weighted by Crippen LogP contribution is -2.50. The van der Waals surface area contributed by atoms with Crippen molar-refractivity contribution in [2.75, 3.05) is 58.2 Å². The molecular formula is C41H55N5O4. The van der Waals surface area contributed by atoms with Crippen molar-refractivity contribution in [3.8, 4) is 0 Å². The number of carbonyl (C=O) groups excluding carboxylic acids is 3. The van der Waals surface area contributed by atoms with E-state index in [2.05, 4.69) is 50.9 Å². The summed E-state index contributed by atoms with van der Waals surface area (Å²) in [5.74, 6) is 1.28. The fourth-order valence-corrected chi connectivity index (χ4v) is 9.39. The van der Waals surface area contributed by atoms with Gasteiger partial charge in [-0.3, -0.25) is 14.5 Å². The number of hydrogen-bond acceptors (Lipinski definition) is 6. The van der Waals surface area contributed by atoms with Crippen molar-refractivity contribution in [2.24, 2.45) is 17.8 Å². The first-order chi connectivity index (χ1) is 24.3. The molecule has 0 aromatic heterocycles. The Morgan fingerprint density at radius 3 is 2.28 bits per heavy atom. The summed E-state index contributed by atoms with van der Waals surface area (Å²) in [6.45, 7) is 10.8. The van der Waals surface area contributed by atoms with Crippen LogP contribution in [-0.2, 0) is 40.1 Å². The Morgan fingerprint density at radius 2 is 1.54 bits per heavy atom. The Hall–Kier alpha value is -3.85. The molecule has 5 aliphatic rings. The van der Waals surface area contributed by atoms with E-state index in [1.165, 1.54) is 30.2 Å². The number of methoxy groups -OCH3 is 1. The number of rotatable bonds is 10. The molecule has 0 saturated carbocycles. The summed E-state index contributed by atoms with van der Waals surface area (Å²) in [7, 11) is 1.46. The van der Waals surface area contributed by atoms with Gasteiger partial charge in [0.25, 0.3) is 0 Å². The van der Waals surface area contributed by atoms with Gasteiger partial charge in [0.1, 0.15) is 0 Å². The van der Waals surface area contributed by atoms with E-state index in [9.17, 15) is 14.4 Å². The zero-order valence-electron chi connectivity index (χ0n) is 29.9. The van der Waals surface area contributed by atoms with Gasteiger partial charge in [0, 0.05) is 56.1 Å². The maximum atomic E-state index is 14.4. The van der Waals surface area contributed by atoms with E-state index in [-0.39, 0.29) is 29.9 Å². The molecule has 3 saturated heterocycles. The lowest BCUT2D eigenvalue weighted by Gasteiger charge is -2.42. The van der Waals surface area contributed by atoms with Gasteiger partial charge in [-0.1, -0.05) is 43.0 Å². The first kappa shape index (κ1) is 34.6. The molecule has 3 amide bonds. The smallest absolute Gasteiger partial charge is 0.322 e. The highest BCUT2D eigenvalue weighted by molar-refractivity contribution is 5.92. The number of amides is 3. The van der Waals surface area contributed by atoms with Gasteiger partial charge in [0.05, 0.1) is 13.7 Å². The van der Waals surface area contributed by atoms with E-state index >= 15 is 0 Å². The summed E-state index contributed by atoms with van der Waals surface area (Å²) in [5.41, 5.74) is 7.31. The predicted molar refractivity (Wildman–Crippen MR) is 196 cm³/mol. The lowest BCUT2D eigenvalue weighted by atomic mass is 9.78. The minimum Gasteiger partial charge on any atom is -0.468 e. The van der Waals surface area contributed by atoms with Crippen LogP contribution in [-0.4, -0.2) is 96.5 Å². The molecule has 3 fully saturated rings. The Balaban J connectivity index is 0.955. The molecule has 0 bridgehead atoms. The number of nitrogens with one attached hydrogen (secondary N) is 1. The van der Waals surface area contributed by atoms with E-state index in [1.54, 1.807) is 0 Å². The molecule has 0 radical (unpaired) electrons. The Bertz CT molecular complexity index is 1550. The fourth-order valence-electron chi connectivity index (χ4n) is 9.39. The second-order valence-corrected chi connectivity index (χ2v) is 15.4. The topological polar surface area (TPSA) is 85.4 Å². The van der Waals surface area contributed by atoms with Gasteiger partial charge in [-0.15, -0.1) is 0 Å². The summed E-state index contributed by atoms with van der Waals surface area (Å²) < 4.78 is 4.86. The molecule has 1 N–H and O–H groups in total. The number of carbonyl (C=O) groups is 3. The van der Waals surface area contributed by atoms with Gasteiger partial charge in [0.2, 0.25) is 5.91 Å². The summed E-state index contributed by atoms with van der Waals surface area (Å²) in [5, 5.41) is 3.08. The highest BCUT2D eigenvalue weighted by atomic mass is 16.5. The summed E-state index contributed by atoms with van der Waals surface area (Å²) >= 11 is 0. The molecule has 1 unspecified atom stereocenters. The number of nitrogens with zero attached hydrogens (tertiary/aromatic N) is 4. The lowest BCUT2D eigenvalue weighted by molar-refractivity contribution is -0.142. The van der Waals surface area contributed by atoms with Gasteiger partial charge in [-0.25, -0.2) is 4.79 Å². The molecule has 50 heavy (non-hydrogen) atoms. The maximum Gasteiger partial charge on any atom is 0.322 e. The van der Waals surface area contributed by atoms with Crippen LogP contribution in [0.2, 0.25) is 0 Å². The number of fused-ring (bicyclic) bond motifs is 2. The van der Waals surface area contributed by atoms with Crippen LogP contribution in [0.5, 0.6) is 0 Å². The quantitative estimate of drug-likeness (QED) is 0.316. The third kappa shape index (κ3) is 7.88. The van der Waals surface area contributed by atoms with Crippen LogP contribution in [0, 0.1) is 17.8 Å². The van der Waals surface area contributed by atoms with Crippen LogP contribution >= 0.6 is 0 Å². The van der Waals surface area contributed by atoms with Crippen molar-refractivity contribution >= 4 is 23.6 Å². The number of anilines is 1. The molecular weight excluding hydrogens is 626 g/mol. The van der Waals surface area contributed by atoms with Crippen LogP contribution in [0.25, 0.3) is 0 Å². The fraction of sp³-hybridized carbons (Fsp3) is 0.585. The number of hydrogen-bond donors (Lipinski definition) is 1. The number of piperidine rings is 3. The minimum atomic E-state index is -0.158. The highest BCUT2D eigenvalue weighted by Gasteiger charge is 2.36. The standard InChI is InChI=1S/C41H55N5O4/c1-29(44-22-16-37(17-23-44)46-27-35-6-3-4-9-38(35)42-41(46)49)24-36(26-30-10-11-31-7-5-8-34(31)25-30)40(48)45-20-14-33(15-21-45)32-12-18-43(19-13-32)28-39(47)50-2/h3-4,6,9-11,25,32-33,36-37H,1,5,7-8,12-24,26-28H2,2H3,(H,42,49). The zero-order chi connectivity index (χ0) is 34.6. The number of likely N-dealkylation sites (tertiary alicyclic amines) is 3. The van der Waals surface area contributed by atoms with Gasteiger partial charge in [0.15, 0.2) is 0 Å². The largest absolute Gasteiger partial charge is 0.468 e. The number of benzene rings is 2. The second-order valence-electron chi connectivity index (χ2n) is 15.4. The van der Waals surface area contributed by atoms with E-state index < -0.39 is 0 Å². The highest BCUT2D eigenvalue weighted by Crippen LogP contribution is 2.35. The molecule has 268 valence electrons. The molecule has 4 heterocycles. The van der Waals surface area contributed by atoms with Crippen molar-refractivity contribution in [1.82, 2.24) is 19.6 Å². The van der Waals surface area contributed by atoms with Gasteiger partial charge in [-0.2, -0.15) is 0 Å². The Kier molecular flexibility index (Phi) is 10.8. The van der Waals surface area contributed by atoms with Crippen LogP contribution < -0.4 is 5.32 Å². The van der Waals surface area contributed by atoms with Gasteiger partial charge in [-0.05, 0) is 124 Å². The molecule has 9 nitrogen and oxygen atoms in total. The molecule has 7 rings (SSSR count). The van der Waals surface area contributed by atoms with E-state index in [0.717, 1.165) is 114 Å². The van der Waals surface area contributed by atoms with Crippen molar-refractivity contribution in [3.05, 3.63) is 77.0 Å². The third-order valence-corrected chi connectivity index (χ3v) is 12.4.